The van der Waals surface area contributed by atoms with Gasteiger partial charge in [-0.1, -0.05) is 26.7 Å². The van der Waals surface area contributed by atoms with E-state index in [-0.39, 0.29) is 25.2 Å². The van der Waals surface area contributed by atoms with Gasteiger partial charge in [-0.05, 0) is 37.0 Å². The van der Waals surface area contributed by atoms with Crippen molar-refractivity contribution in [2.45, 2.75) is 64.8 Å². The number of carbonyl (C=O) groups excluding carboxylic acids is 2. The molecular formula is C28H43N3O7. The Morgan fingerprint density at radius 1 is 1.11 bits per heavy atom. The number of carbonyl (C=O) groups is 3. The van der Waals surface area contributed by atoms with E-state index < -0.39 is 23.8 Å². The van der Waals surface area contributed by atoms with Crippen LogP contribution in [0.3, 0.4) is 0 Å². The number of nitrogens with zero attached hydrogens (tertiary/aromatic N) is 3. The van der Waals surface area contributed by atoms with Gasteiger partial charge in [0.15, 0.2) is 11.5 Å². The highest BCUT2D eigenvalue weighted by Crippen LogP contribution is 2.47. The summed E-state index contributed by atoms with van der Waals surface area (Å²) in [4.78, 5) is 43.6. The van der Waals surface area contributed by atoms with Crippen LogP contribution in [-0.4, -0.2) is 97.3 Å². The number of unbranched alkanes of at least 4 members (excludes halogenated alkanes) is 2. The largest absolute Gasteiger partial charge is 0.493 e. The third-order valence-electron chi connectivity index (χ3n) is 7.69. The van der Waals surface area contributed by atoms with Crippen LogP contribution in [0.2, 0.25) is 0 Å². The quantitative estimate of drug-likeness (QED) is 0.388. The zero-order valence-corrected chi connectivity index (χ0v) is 23.4. The van der Waals surface area contributed by atoms with Gasteiger partial charge in [-0.2, -0.15) is 0 Å². The zero-order chi connectivity index (χ0) is 27.8. The van der Waals surface area contributed by atoms with Crippen molar-refractivity contribution in [1.82, 2.24) is 14.7 Å². The van der Waals surface area contributed by atoms with Gasteiger partial charge in [0.1, 0.15) is 0 Å². The zero-order valence-electron chi connectivity index (χ0n) is 23.4. The van der Waals surface area contributed by atoms with E-state index in [9.17, 15) is 19.5 Å². The van der Waals surface area contributed by atoms with Crippen LogP contribution in [0.25, 0.3) is 0 Å². The van der Waals surface area contributed by atoms with Gasteiger partial charge < -0.3 is 29.1 Å². The summed E-state index contributed by atoms with van der Waals surface area (Å²) in [6.07, 6.45) is 4.30. The molecule has 0 unspecified atom stereocenters. The van der Waals surface area contributed by atoms with Gasteiger partial charge in [0.05, 0.1) is 19.6 Å². The molecular weight excluding hydrogens is 490 g/mol. The lowest BCUT2D eigenvalue weighted by Crippen LogP contribution is -2.45. The molecule has 2 aliphatic rings. The summed E-state index contributed by atoms with van der Waals surface area (Å²) in [6.45, 7) is 8.12. The van der Waals surface area contributed by atoms with Crippen LogP contribution < -0.4 is 14.2 Å². The average Bonchev–Trinajstić information content (AvgIpc) is 3.51. The number of hydrogen-bond donors (Lipinski definition) is 1. The Balaban J connectivity index is 1.92. The highest BCUT2D eigenvalue weighted by atomic mass is 16.7. The van der Waals surface area contributed by atoms with E-state index in [4.69, 9.17) is 14.2 Å². The number of amides is 2. The molecule has 1 aromatic rings. The van der Waals surface area contributed by atoms with E-state index in [0.29, 0.717) is 49.8 Å². The minimum Gasteiger partial charge on any atom is -0.493 e. The van der Waals surface area contributed by atoms with Gasteiger partial charge >= 0.3 is 5.97 Å². The molecule has 2 amide bonds. The fraction of sp³-hybridized carbons (Fsp3) is 0.679. The Hall–Kier alpha value is -3.01. The van der Waals surface area contributed by atoms with Gasteiger partial charge in [0.25, 0.3) is 0 Å². The Labute approximate surface area is 225 Å². The van der Waals surface area contributed by atoms with Crippen molar-refractivity contribution in [3.63, 3.8) is 0 Å². The lowest BCUT2D eigenvalue weighted by Gasteiger charge is -2.30. The van der Waals surface area contributed by atoms with Gasteiger partial charge in [-0.3, -0.25) is 19.3 Å². The lowest BCUT2D eigenvalue weighted by molar-refractivity contribution is -0.144. The van der Waals surface area contributed by atoms with E-state index >= 15 is 0 Å². The average molecular weight is 534 g/mol. The molecule has 3 atom stereocenters. The topological polar surface area (TPSA) is 109 Å². The van der Waals surface area contributed by atoms with Crippen LogP contribution in [0.1, 0.15) is 64.4 Å². The second kappa shape index (κ2) is 13.7. The number of benzene rings is 1. The summed E-state index contributed by atoms with van der Waals surface area (Å²) < 4.78 is 16.6. The molecule has 38 heavy (non-hydrogen) atoms. The third-order valence-corrected chi connectivity index (χ3v) is 7.69. The SMILES string of the molecule is CCCCN(CCCC)C(=O)CN1C[C@H](c2cc(OC)c3c(c2)OCO3)[C@@H](C(=O)O)[C@@H]1CCN(C)C(C)=O. The van der Waals surface area contributed by atoms with Crippen molar-refractivity contribution in [3.8, 4) is 17.2 Å². The molecule has 0 bridgehead atoms. The second-order valence-electron chi connectivity index (χ2n) is 10.2. The molecule has 0 spiro atoms. The van der Waals surface area contributed by atoms with Crippen molar-refractivity contribution in [2.24, 2.45) is 5.92 Å². The molecule has 1 aromatic carbocycles. The smallest absolute Gasteiger partial charge is 0.308 e. The van der Waals surface area contributed by atoms with Crippen LogP contribution in [0, 0.1) is 5.92 Å². The highest BCUT2D eigenvalue weighted by Gasteiger charge is 2.47. The first-order chi connectivity index (χ1) is 18.2. The lowest BCUT2D eigenvalue weighted by atomic mass is 9.84. The van der Waals surface area contributed by atoms with Crippen LogP contribution in [-0.2, 0) is 14.4 Å². The van der Waals surface area contributed by atoms with Crippen LogP contribution >= 0.6 is 0 Å². The molecule has 0 aliphatic carbocycles. The summed E-state index contributed by atoms with van der Waals surface area (Å²) in [5.41, 5.74) is 0.771. The molecule has 1 saturated heterocycles. The predicted octanol–water partition coefficient (Wildman–Crippen LogP) is 3.19. The van der Waals surface area contributed by atoms with Crippen molar-refractivity contribution in [1.29, 1.82) is 0 Å². The third kappa shape index (κ3) is 6.89. The number of fused-ring (bicyclic) bond motifs is 1. The van der Waals surface area contributed by atoms with Crippen LogP contribution in [0.4, 0.5) is 0 Å². The number of rotatable bonds is 14. The van der Waals surface area contributed by atoms with E-state index in [0.717, 1.165) is 31.2 Å². The van der Waals surface area contributed by atoms with Gasteiger partial charge in [-0.25, -0.2) is 0 Å². The molecule has 1 N–H and O–H groups in total. The van der Waals surface area contributed by atoms with Crippen molar-refractivity contribution in [2.75, 3.05) is 53.7 Å². The molecule has 212 valence electrons. The van der Waals surface area contributed by atoms with Gasteiger partial charge in [0.2, 0.25) is 24.4 Å². The van der Waals surface area contributed by atoms with E-state index in [1.54, 1.807) is 11.9 Å². The first-order valence-corrected chi connectivity index (χ1v) is 13.7. The first kappa shape index (κ1) is 29.5. The molecule has 10 heteroatoms. The normalized spacial score (nSPS) is 20.4. The summed E-state index contributed by atoms with van der Waals surface area (Å²) >= 11 is 0. The Morgan fingerprint density at radius 2 is 1.79 bits per heavy atom. The number of hydrogen-bond acceptors (Lipinski definition) is 7. The minimum absolute atomic E-state index is 0.0184. The monoisotopic (exact) mass is 533 g/mol. The van der Waals surface area contributed by atoms with E-state index in [1.165, 1.54) is 14.0 Å². The number of ether oxygens (including phenoxy) is 3. The molecule has 0 aromatic heterocycles. The van der Waals surface area contributed by atoms with Gasteiger partial charge in [0, 0.05) is 52.1 Å². The van der Waals surface area contributed by atoms with E-state index in [2.05, 4.69) is 13.8 Å². The van der Waals surface area contributed by atoms with Crippen LogP contribution in [0.15, 0.2) is 12.1 Å². The standard InChI is InChI=1S/C28H43N3O7/c1-6-8-11-30(12-9-7-2)25(33)17-31-16-21(20-14-23(36-5)27-24(15-20)37-18-38-27)26(28(34)35)22(31)10-13-29(4)19(3)32/h14-15,21-22,26H,6-13,16-18H2,1-5H3,(H,34,35)/t21-,22+,26-/m1/s1. The van der Waals surface area contributed by atoms with Crippen molar-refractivity contribution < 1.29 is 33.7 Å². The summed E-state index contributed by atoms with van der Waals surface area (Å²) in [5, 5.41) is 10.4. The molecule has 2 aliphatic heterocycles. The Morgan fingerprint density at radius 3 is 2.37 bits per heavy atom. The summed E-state index contributed by atoms with van der Waals surface area (Å²) in [5.74, 6) is -0.627. The van der Waals surface area contributed by atoms with E-state index in [1.807, 2.05) is 21.9 Å². The van der Waals surface area contributed by atoms with Crippen molar-refractivity contribution in [3.05, 3.63) is 17.7 Å². The molecule has 3 rings (SSSR count). The summed E-state index contributed by atoms with van der Waals surface area (Å²) in [6, 6.07) is 3.22. The Bertz CT molecular complexity index is 977. The molecule has 0 radical (unpaired) electrons. The second-order valence-corrected chi connectivity index (χ2v) is 10.2. The molecule has 0 saturated carbocycles. The fourth-order valence-electron chi connectivity index (χ4n) is 5.37. The number of aliphatic carboxylic acids is 1. The minimum atomic E-state index is -0.925. The maximum absolute atomic E-state index is 13.5. The first-order valence-electron chi connectivity index (χ1n) is 13.7. The maximum Gasteiger partial charge on any atom is 0.308 e. The molecule has 10 nitrogen and oxygen atoms in total. The molecule has 1 fully saturated rings. The Kier molecular flexibility index (Phi) is 10.6. The highest BCUT2D eigenvalue weighted by molar-refractivity contribution is 5.79. The number of methoxy groups -OCH3 is 1. The van der Waals surface area contributed by atoms with Crippen molar-refractivity contribution >= 4 is 17.8 Å². The number of carboxylic acids is 1. The number of likely N-dealkylation sites (tertiary alicyclic amines) is 1. The number of carboxylic acid groups (broad SMARTS) is 1. The summed E-state index contributed by atoms with van der Waals surface area (Å²) in [7, 11) is 3.25. The molecule has 2 heterocycles. The van der Waals surface area contributed by atoms with Crippen LogP contribution in [0.5, 0.6) is 17.2 Å². The van der Waals surface area contributed by atoms with Gasteiger partial charge in [-0.15, -0.1) is 0 Å². The maximum atomic E-state index is 13.5. The predicted molar refractivity (Wildman–Crippen MR) is 143 cm³/mol. The fourth-order valence-corrected chi connectivity index (χ4v) is 5.37.